The van der Waals surface area contributed by atoms with Gasteiger partial charge in [-0.3, -0.25) is 4.79 Å². The molecule has 6 heteroatoms. The Morgan fingerprint density at radius 2 is 2.37 bits per heavy atom. The molecule has 0 aliphatic rings. The highest BCUT2D eigenvalue weighted by atomic mass is 32.2. The van der Waals surface area contributed by atoms with Gasteiger partial charge in [-0.25, -0.2) is 4.98 Å². The summed E-state index contributed by atoms with van der Waals surface area (Å²) >= 11 is 3.16. The number of para-hydroxylation sites is 1. The molecule has 1 atom stereocenters. The molecule has 1 unspecified atom stereocenters. The van der Waals surface area contributed by atoms with Crippen molar-refractivity contribution in [3.63, 3.8) is 0 Å². The highest BCUT2D eigenvalue weighted by Gasteiger charge is 2.15. The number of fused-ring (bicyclic) bond motifs is 1. The number of benzene rings is 1. The number of thiazole rings is 1. The lowest BCUT2D eigenvalue weighted by Crippen LogP contribution is -2.36. The van der Waals surface area contributed by atoms with E-state index in [2.05, 4.69) is 10.3 Å². The zero-order valence-electron chi connectivity index (χ0n) is 11.0. The third kappa shape index (κ3) is 3.46. The Morgan fingerprint density at radius 3 is 3.05 bits per heavy atom. The second kappa shape index (κ2) is 6.36. The van der Waals surface area contributed by atoms with Gasteiger partial charge < -0.3 is 11.1 Å². The number of carbonyl (C=O) groups excluding carboxylic acids is 1. The third-order valence-corrected chi connectivity index (χ3v) is 4.40. The van der Waals surface area contributed by atoms with Crippen molar-refractivity contribution in [1.29, 1.82) is 0 Å². The molecular weight excluding hydrogens is 278 g/mol. The first-order valence-electron chi connectivity index (χ1n) is 6.03. The summed E-state index contributed by atoms with van der Waals surface area (Å²) in [6, 6.07) is 5.54. The molecule has 1 amide bonds. The molecule has 4 nitrogen and oxygen atoms in total. The number of carbonyl (C=O) groups is 1. The summed E-state index contributed by atoms with van der Waals surface area (Å²) in [4.78, 5) is 16.3. The first-order chi connectivity index (χ1) is 9.11. The second-order valence-corrected chi connectivity index (χ2v) is 6.33. The van der Waals surface area contributed by atoms with E-state index < -0.39 is 6.04 Å². The lowest BCUT2D eigenvalue weighted by Gasteiger charge is -2.09. The summed E-state index contributed by atoms with van der Waals surface area (Å²) in [5.74, 6) is 0.721. The quantitative estimate of drug-likeness (QED) is 0.890. The van der Waals surface area contributed by atoms with Crippen LogP contribution in [0.2, 0.25) is 0 Å². The fourth-order valence-corrected chi connectivity index (χ4v) is 3.15. The van der Waals surface area contributed by atoms with Gasteiger partial charge in [-0.05, 0) is 37.0 Å². The number of hydrogen-bond acceptors (Lipinski definition) is 5. The fourth-order valence-electron chi connectivity index (χ4n) is 1.71. The highest BCUT2D eigenvalue weighted by molar-refractivity contribution is 7.98. The summed E-state index contributed by atoms with van der Waals surface area (Å²) in [5, 5.41) is 3.42. The Bertz CT molecular complexity index is 582. The zero-order valence-corrected chi connectivity index (χ0v) is 12.6. The number of amides is 1. The summed E-state index contributed by atoms with van der Waals surface area (Å²) in [6.07, 6.45) is 2.68. The molecule has 0 aliphatic carbocycles. The first-order valence-corrected chi connectivity index (χ1v) is 8.24. The van der Waals surface area contributed by atoms with Crippen LogP contribution >= 0.6 is 23.1 Å². The molecule has 0 aliphatic heterocycles. The van der Waals surface area contributed by atoms with Crippen molar-refractivity contribution in [3.8, 4) is 0 Å². The van der Waals surface area contributed by atoms with Gasteiger partial charge in [0.05, 0.1) is 16.3 Å². The number of nitrogens with zero attached hydrogens (tertiary/aromatic N) is 1. The van der Waals surface area contributed by atoms with Crippen LogP contribution in [0.25, 0.3) is 10.2 Å². The van der Waals surface area contributed by atoms with E-state index in [-0.39, 0.29) is 5.91 Å². The Kier molecular flexibility index (Phi) is 4.79. The molecule has 1 aromatic carbocycles. The van der Waals surface area contributed by atoms with Crippen LogP contribution in [0.1, 0.15) is 12.0 Å². The van der Waals surface area contributed by atoms with Gasteiger partial charge in [0.25, 0.3) is 0 Å². The van der Waals surface area contributed by atoms with Gasteiger partial charge >= 0.3 is 0 Å². The predicted octanol–water partition coefficient (Wildman–Crippen LogP) is 2.62. The van der Waals surface area contributed by atoms with Crippen LogP contribution in [0.15, 0.2) is 18.2 Å². The molecule has 19 heavy (non-hydrogen) atoms. The Morgan fingerprint density at radius 1 is 1.58 bits per heavy atom. The average molecular weight is 295 g/mol. The van der Waals surface area contributed by atoms with E-state index in [1.54, 1.807) is 11.8 Å². The number of rotatable bonds is 5. The van der Waals surface area contributed by atoms with Crippen molar-refractivity contribution < 1.29 is 4.79 Å². The van der Waals surface area contributed by atoms with E-state index in [1.165, 1.54) is 11.3 Å². The van der Waals surface area contributed by atoms with Crippen LogP contribution < -0.4 is 11.1 Å². The van der Waals surface area contributed by atoms with E-state index in [1.807, 2.05) is 31.4 Å². The smallest absolute Gasteiger partial charge is 0.243 e. The summed E-state index contributed by atoms with van der Waals surface area (Å²) in [6.45, 7) is 2.01. The SMILES string of the molecule is CSCCC(N)C(=O)Nc1nc2c(C)cccc2s1. The van der Waals surface area contributed by atoms with Crippen LogP contribution in [0.3, 0.4) is 0 Å². The highest BCUT2D eigenvalue weighted by Crippen LogP contribution is 2.27. The number of anilines is 1. The van der Waals surface area contributed by atoms with Crippen LogP contribution in [0.5, 0.6) is 0 Å². The first kappa shape index (κ1) is 14.3. The Hall–Kier alpha value is -1.11. The third-order valence-electron chi connectivity index (χ3n) is 2.82. The van der Waals surface area contributed by atoms with E-state index in [0.29, 0.717) is 11.6 Å². The topological polar surface area (TPSA) is 68.0 Å². The van der Waals surface area contributed by atoms with Crippen molar-refractivity contribution in [2.24, 2.45) is 5.73 Å². The van der Waals surface area contributed by atoms with Crippen LogP contribution in [-0.2, 0) is 4.79 Å². The predicted molar refractivity (Wildman–Crippen MR) is 84.0 cm³/mol. The zero-order chi connectivity index (χ0) is 13.8. The lowest BCUT2D eigenvalue weighted by molar-refractivity contribution is -0.117. The van der Waals surface area contributed by atoms with Gasteiger partial charge in [0, 0.05) is 0 Å². The second-order valence-electron chi connectivity index (χ2n) is 4.32. The minimum absolute atomic E-state index is 0.161. The van der Waals surface area contributed by atoms with Crippen LogP contribution in [0, 0.1) is 6.92 Å². The number of thioether (sulfide) groups is 1. The standard InChI is InChI=1S/C13H17N3OS2/c1-8-4-3-5-10-11(8)15-13(19-10)16-12(17)9(14)6-7-18-2/h3-5,9H,6-7,14H2,1-2H3,(H,15,16,17). The van der Waals surface area contributed by atoms with Gasteiger partial charge in [0.1, 0.15) is 0 Å². The normalized spacial score (nSPS) is 12.6. The van der Waals surface area contributed by atoms with Gasteiger partial charge in [-0.15, -0.1) is 0 Å². The molecule has 1 heterocycles. The maximum absolute atomic E-state index is 11.9. The number of aromatic nitrogens is 1. The van der Waals surface area contributed by atoms with Gasteiger partial charge in [-0.2, -0.15) is 11.8 Å². The van der Waals surface area contributed by atoms with Gasteiger partial charge in [0.15, 0.2) is 5.13 Å². The molecule has 0 spiro atoms. The minimum atomic E-state index is -0.472. The molecular formula is C13H17N3OS2. The molecule has 0 bridgehead atoms. The van der Waals surface area contributed by atoms with Crippen LogP contribution in [-0.4, -0.2) is 28.9 Å². The number of aryl methyl sites for hydroxylation is 1. The Labute approximate surface area is 120 Å². The molecule has 102 valence electrons. The number of nitrogens with two attached hydrogens (primary N) is 1. The van der Waals surface area contributed by atoms with Crippen molar-refractivity contribution in [3.05, 3.63) is 23.8 Å². The molecule has 3 N–H and O–H groups in total. The monoisotopic (exact) mass is 295 g/mol. The molecule has 0 saturated heterocycles. The Balaban J connectivity index is 2.09. The lowest BCUT2D eigenvalue weighted by atomic mass is 10.2. The summed E-state index contributed by atoms with van der Waals surface area (Å²) in [5.41, 5.74) is 7.88. The average Bonchev–Trinajstić information content (AvgIpc) is 2.79. The summed E-state index contributed by atoms with van der Waals surface area (Å²) in [7, 11) is 0. The van der Waals surface area contributed by atoms with Gasteiger partial charge in [-0.1, -0.05) is 23.5 Å². The van der Waals surface area contributed by atoms with Crippen molar-refractivity contribution in [2.75, 3.05) is 17.3 Å². The minimum Gasteiger partial charge on any atom is -0.320 e. The van der Waals surface area contributed by atoms with E-state index >= 15 is 0 Å². The van der Waals surface area contributed by atoms with Crippen molar-refractivity contribution in [2.45, 2.75) is 19.4 Å². The summed E-state index contributed by atoms with van der Waals surface area (Å²) < 4.78 is 1.08. The largest absolute Gasteiger partial charge is 0.320 e. The molecule has 0 fully saturated rings. The van der Waals surface area contributed by atoms with E-state index in [9.17, 15) is 4.79 Å². The molecule has 2 rings (SSSR count). The van der Waals surface area contributed by atoms with E-state index in [4.69, 9.17) is 5.73 Å². The van der Waals surface area contributed by atoms with Gasteiger partial charge in [0.2, 0.25) is 5.91 Å². The van der Waals surface area contributed by atoms with E-state index in [0.717, 1.165) is 21.5 Å². The number of nitrogens with one attached hydrogen (secondary N) is 1. The molecule has 1 aromatic heterocycles. The number of hydrogen-bond donors (Lipinski definition) is 2. The maximum atomic E-state index is 11.9. The fraction of sp³-hybridized carbons (Fsp3) is 0.385. The molecule has 0 radical (unpaired) electrons. The van der Waals surface area contributed by atoms with Crippen molar-refractivity contribution in [1.82, 2.24) is 4.98 Å². The molecule has 0 saturated carbocycles. The van der Waals surface area contributed by atoms with Crippen LogP contribution in [0.4, 0.5) is 5.13 Å². The molecule has 2 aromatic rings. The van der Waals surface area contributed by atoms with Crippen molar-refractivity contribution >= 4 is 44.4 Å². The maximum Gasteiger partial charge on any atom is 0.243 e.